The number of aryl methyl sites for hydroxylation is 1. The summed E-state index contributed by atoms with van der Waals surface area (Å²) in [4.78, 5) is 0.265. The minimum absolute atomic E-state index is 0.265. The van der Waals surface area contributed by atoms with E-state index in [1.165, 1.54) is 0 Å². The molecule has 0 heterocycles. The molecule has 1 aromatic rings. The topological polar surface area (TPSA) is 43.4 Å². The average Bonchev–Trinajstić information content (AvgIpc) is 2.46. The van der Waals surface area contributed by atoms with Crippen molar-refractivity contribution in [3.8, 4) is 0 Å². The molecular weight excluding hydrogens is 291 g/mol. The van der Waals surface area contributed by atoms with E-state index in [0.29, 0.717) is 0 Å². The summed E-state index contributed by atoms with van der Waals surface area (Å²) in [6.07, 6.45) is 3.22. The van der Waals surface area contributed by atoms with Crippen LogP contribution in [0.15, 0.2) is 29.2 Å². The second-order valence-electron chi connectivity index (χ2n) is 5.46. The van der Waals surface area contributed by atoms with E-state index < -0.39 is 16.9 Å². The van der Waals surface area contributed by atoms with Gasteiger partial charge in [-0.3, -0.25) is 0 Å². The van der Waals surface area contributed by atoms with E-state index in [9.17, 15) is 8.42 Å². The first-order valence-corrected chi connectivity index (χ1v) is 11.6. The van der Waals surface area contributed by atoms with Crippen LogP contribution in [0.25, 0.3) is 0 Å². The summed E-state index contributed by atoms with van der Waals surface area (Å²) < 4.78 is 31.2. The van der Waals surface area contributed by atoms with E-state index in [1.807, 2.05) is 6.92 Å². The van der Waals surface area contributed by atoms with Gasteiger partial charge in [0.1, 0.15) is 0 Å². The van der Waals surface area contributed by atoms with Gasteiger partial charge in [-0.25, -0.2) is 0 Å². The van der Waals surface area contributed by atoms with E-state index in [-0.39, 0.29) is 4.90 Å². The summed E-state index contributed by atoms with van der Waals surface area (Å²) in [6.45, 7) is 7.51. The molecule has 0 aliphatic carbocycles. The zero-order chi connectivity index (χ0) is 15.5. The summed E-state index contributed by atoms with van der Waals surface area (Å²) in [7, 11) is -3.68. The van der Waals surface area contributed by atoms with E-state index >= 15 is 0 Å². The third-order valence-corrected chi connectivity index (χ3v) is 14.5. The van der Waals surface area contributed by atoms with Crippen LogP contribution in [0.1, 0.15) is 33.3 Å². The molecule has 1 aromatic carbocycles. The standard InChI is InChI=1S/C15H27O3PS/c1-6-19(7-2,8-3,9-4)18-20(16,17)15-12-10-14(5)11-13-15/h10-13H,6-9H2,1-5H3. The van der Waals surface area contributed by atoms with Crippen molar-refractivity contribution in [2.24, 2.45) is 0 Å². The van der Waals surface area contributed by atoms with E-state index in [4.69, 9.17) is 3.97 Å². The third kappa shape index (κ3) is 3.24. The van der Waals surface area contributed by atoms with Crippen LogP contribution in [0, 0.1) is 6.92 Å². The van der Waals surface area contributed by atoms with Crippen molar-refractivity contribution in [3.63, 3.8) is 0 Å². The van der Waals surface area contributed by atoms with Gasteiger partial charge in [0, 0.05) is 0 Å². The van der Waals surface area contributed by atoms with Crippen molar-refractivity contribution < 1.29 is 12.4 Å². The van der Waals surface area contributed by atoms with Crippen LogP contribution in [0.4, 0.5) is 0 Å². The first-order chi connectivity index (χ1) is 9.26. The maximum atomic E-state index is 12.6. The van der Waals surface area contributed by atoms with Gasteiger partial charge in [-0.05, 0) is 0 Å². The van der Waals surface area contributed by atoms with Crippen molar-refractivity contribution in [3.05, 3.63) is 29.8 Å². The molecule has 0 aliphatic rings. The first-order valence-electron chi connectivity index (χ1n) is 7.30. The van der Waals surface area contributed by atoms with Crippen LogP contribution >= 0.6 is 6.83 Å². The van der Waals surface area contributed by atoms with Crippen LogP contribution in [-0.4, -0.2) is 33.1 Å². The van der Waals surface area contributed by atoms with Crippen LogP contribution in [0.5, 0.6) is 0 Å². The van der Waals surface area contributed by atoms with Crippen LogP contribution in [-0.2, 0) is 14.1 Å². The monoisotopic (exact) mass is 318 g/mol. The SMILES string of the molecule is CCP(CC)(CC)(CC)OS(=O)(=O)c1ccc(C)cc1. The van der Waals surface area contributed by atoms with Gasteiger partial charge < -0.3 is 0 Å². The van der Waals surface area contributed by atoms with Gasteiger partial charge >= 0.3 is 123 Å². The quantitative estimate of drug-likeness (QED) is 0.706. The third-order valence-electron chi connectivity index (χ3n) is 4.82. The predicted molar refractivity (Wildman–Crippen MR) is 88.5 cm³/mol. The van der Waals surface area contributed by atoms with Crippen molar-refractivity contribution in [2.45, 2.75) is 39.5 Å². The molecule has 0 N–H and O–H groups in total. The van der Waals surface area contributed by atoms with Crippen LogP contribution in [0.3, 0.4) is 0 Å². The molecule has 5 heteroatoms. The van der Waals surface area contributed by atoms with E-state index in [2.05, 4.69) is 27.7 Å². The van der Waals surface area contributed by atoms with E-state index in [0.717, 1.165) is 30.2 Å². The van der Waals surface area contributed by atoms with Gasteiger partial charge in [-0.2, -0.15) is 0 Å². The molecule has 0 spiro atoms. The molecule has 0 radical (unpaired) electrons. The zero-order valence-electron chi connectivity index (χ0n) is 13.2. The molecule has 0 fully saturated rings. The number of hydrogen-bond acceptors (Lipinski definition) is 3. The molecular formula is C15H27O3PS. The fourth-order valence-electron chi connectivity index (χ4n) is 2.58. The normalized spacial score (nSPS) is 14.8. The summed E-state index contributed by atoms with van der Waals surface area (Å²) in [6, 6.07) is 6.88. The Labute approximate surface area is 123 Å². The first kappa shape index (κ1) is 17.6. The van der Waals surface area contributed by atoms with Gasteiger partial charge in [-0.1, -0.05) is 0 Å². The second-order valence-corrected chi connectivity index (χ2v) is 13.7. The van der Waals surface area contributed by atoms with Crippen molar-refractivity contribution >= 4 is 16.9 Å². The Kier molecular flexibility index (Phi) is 5.40. The van der Waals surface area contributed by atoms with Crippen molar-refractivity contribution in [1.29, 1.82) is 0 Å². The summed E-state index contributed by atoms with van der Waals surface area (Å²) in [5.74, 6) is 0. The molecule has 1 rings (SSSR count). The Hall–Kier alpha value is -0.440. The molecule has 20 heavy (non-hydrogen) atoms. The number of benzene rings is 1. The Bertz CT molecular complexity index is 521. The van der Waals surface area contributed by atoms with Crippen molar-refractivity contribution in [2.75, 3.05) is 24.6 Å². The zero-order valence-corrected chi connectivity index (χ0v) is 14.9. The van der Waals surface area contributed by atoms with Crippen LogP contribution in [0.2, 0.25) is 0 Å². The maximum absolute atomic E-state index is 12.6. The Morgan fingerprint density at radius 2 is 1.30 bits per heavy atom. The molecule has 0 saturated heterocycles. The predicted octanol–water partition coefficient (Wildman–Crippen LogP) is 4.25. The molecule has 0 bridgehead atoms. The molecule has 3 nitrogen and oxygen atoms in total. The molecule has 0 amide bonds. The summed E-state index contributed by atoms with van der Waals surface area (Å²) in [5.41, 5.74) is 1.04. The van der Waals surface area contributed by atoms with Gasteiger partial charge in [-0.15, -0.1) is 0 Å². The van der Waals surface area contributed by atoms with E-state index in [1.54, 1.807) is 24.3 Å². The van der Waals surface area contributed by atoms with Gasteiger partial charge in [0.2, 0.25) is 0 Å². The van der Waals surface area contributed by atoms with Crippen molar-refractivity contribution in [1.82, 2.24) is 0 Å². The molecule has 0 saturated carbocycles. The Morgan fingerprint density at radius 1 is 0.900 bits per heavy atom. The summed E-state index contributed by atoms with van der Waals surface area (Å²) >= 11 is 0. The average molecular weight is 318 g/mol. The molecule has 0 unspecified atom stereocenters. The van der Waals surface area contributed by atoms with Gasteiger partial charge in [0.05, 0.1) is 0 Å². The fraction of sp³-hybridized carbons (Fsp3) is 0.600. The molecule has 0 aliphatic heterocycles. The Balaban J connectivity index is 3.26. The minimum atomic E-state index is -3.68. The molecule has 0 aromatic heterocycles. The van der Waals surface area contributed by atoms with Crippen LogP contribution < -0.4 is 0 Å². The molecule has 116 valence electrons. The van der Waals surface area contributed by atoms with Gasteiger partial charge in [0.25, 0.3) is 0 Å². The Morgan fingerprint density at radius 3 is 1.65 bits per heavy atom. The second kappa shape index (κ2) is 6.13. The molecule has 0 atom stereocenters. The van der Waals surface area contributed by atoms with Gasteiger partial charge in [0.15, 0.2) is 0 Å². The summed E-state index contributed by atoms with van der Waals surface area (Å²) in [5, 5.41) is 0. The number of hydrogen-bond donors (Lipinski definition) is 0. The number of rotatable bonds is 7. The fourth-order valence-corrected chi connectivity index (χ4v) is 9.98.